The number of nitrogens with zero attached hydrogens (tertiary/aromatic N) is 3. The fraction of sp³-hybridized carbons (Fsp3) is 0.214. The number of ether oxygens (including phenoxy) is 1. The van der Waals surface area contributed by atoms with E-state index in [1.54, 1.807) is 25.6 Å². The Morgan fingerprint density at radius 1 is 1.22 bits per heavy atom. The zero-order chi connectivity index (χ0) is 13.0. The van der Waals surface area contributed by atoms with Crippen molar-refractivity contribution in [1.82, 2.24) is 9.97 Å². The van der Waals surface area contributed by atoms with E-state index < -0.39 is 0 Å². The predicted octanol–water partition coefficient (Wildman–Crippen LogP) is 2.93. The minimum atomic E-state index is 0.625. The van der Waals surface area contributed by atoms with Gasteiger partial charge in [-0.05, 0) is 37.6 Å². The normalized spacial score (nSPS) is 11.4. The second-order valence-electron chi connectivity index (χ2n) is 3.94. The second kappa shape index (κ2) is 5.40. The third-order valence-corrected chi connectivity index (χ3v) is 2.51. The number of hydrogen-bond acceptors (Lipinski definition) is 4. The molecule has 0 atom stereocenters. The molecule has 1 heterocycles. The first-order chi connectivity index (χ1) is 8.70. The highest BCUT2D eigenvalue weighted by molar-refractivity contribution is 5.97. The van der Waals surface area contributed by atoms with E-state index >= 15 is 0 Å². The first kappa shape index (κ1) is 12.2. The maximum Gasteiger partial charge on any atom is 0.173 e. The molecule has 0 aliphatic heterocycles. The van der Waals surface area contributed by atoms with Gasteiger partial charge in [0.1, 0.15) is 11.4 Å². The Morgan fingerprint density at radius 2 is 1.94 bits per heavy atom. The van der Waals surface area contributed by atoms with Gasteiger partial charge in [0.25, 0.3) is 0 Å². The van der Waals surface area contributed by atoms with Gasteiger partial charge in [-0.15, -0.1) is 0 Å². The molecular formula is C14H15N3O. The van der Waals surface area contributed by atoms with Crippen LogP contribution in [-0.4, -0.2) is 22.8 Å². The zero-order valence-electron chi connectivity index (χ0n) is 10.7. The van der Waals surface area contributed by atoms with Gasteiger partial charge >= 0.3 is 0 Å². The van der Waals surface area contributed by atoms with Gasteiger partial charge in [0, 0.05) is 12.4 Å². The number of hydrogen-bond donors (Lipinski definition) is 0. The molecule has 18 heavy (non-hydrogen) atoms. The Labute approximate surface area is 106 Å². The molecule has 0 saturated carbocycles. The van der Waals surface area contributed by atoms with Crippen LogP contribution in [0.3, 0.4) is 0 Å². The van der Waals surface area contributed by atoms with Crippen molar-refractivity contribution in [3.8, 4) is 5.75 Å². The molecule has 92 valence electrons. The summed E-state index contributed by atoms with van der Waals surface area (Å²) >= 11 is 0. The van der Waals surface area contributed by atoms with Crippen molar-refractivity contribution in [2.75, 3.05) is 7.11 Å². The molecule has 0 amide bonds. The predicted molar refractivity (Wildman–Crippen MR) is 71.6 cm³/mol. The summed E-state index contributed by atoms with van der Waals surface area (Å²) in [7, 11) is 1.64. The Kier molecular flexibility index (Phi) is 3.67. The second-order valence-corrected chi connectivity index (χ2v) is 3.94. The van der Waals surface area contributed by atoms with Crippen molar-refractivity contribution >= 4 is 11.4 Å². The molecule has 4 heteroatoms. The van der Waals surface area contributed by atoms with Gasteiger partial charge in [-0.2, -0.15) is 0 Å². The molecule has 0 aliphatic carbocycles. The van der Waals surface area contributed by atoms with E-state index in [-0.39, 0.29) is 0 Å². The average molecular weight is 241 g/mol. The van der Waals surface area contributed by atoms with Gasteiger partial charge < -0.3 is 4.74 Å². The molecule has 1 aromatic carbocycles. The third kappa shape index (κ3) is 2.71. The summed E-state index contributed by atoms with van der Waals surface area (Å²) in [5.74, 6) is 1.38. The van der Waals surface area contributed by atoms with Crippen molar-refractivity contribution < 1.29 is 4.74 Å². The molecule has 0 aliphatic rings. The first-order valence-corrected chi connectivity index (χ1v) is 5.68. The van der Waals surface area contributed by atoms with E-state index in [9.17, 15) is 0 Å². The SMILES string of the molecule is COc1cc(C)ccc1N=C(C)c1ncccn1. The highest BCUT2D eigenvalue weighted by atomic mass is 16.5. The summed E-state index contributed by atoms with van der Waals surface area (Å²) < 4.78 is 5.32. The first-order valence-electron chi connectivity index (χ1n) is 5.68. The quantitative estimate of drug-likeness (QED) is 0.776. The van der Waals surface area contributed by atoms with Crippen molar-refractivity contribution in [2.45, 2.75) is 13.8 Å². The van der Waals surface area contributed by atoms with Crippen LogP contribution in [0.15, 0.2) is 41.7 Å². The number of methoxy groups -OCH3 is 1. The molecule has 0 radical (unpaired) electrons. The Hall–Kier alpha value is -2.23. The van der Waals surface area contributed by atoms with Crippen molar-refractivity contribution in [1.29, 1.82) is 0 Å². The number of aryl methyl sites for hydroxylation is 1. The summed E-state index contributed by atoms with van der Waals surface area (Å²) in [5, 5.41) is 0. The molecule has 4 nitrogen and oxygen atoms in total. The van der Waals surface area contributed by atoms with Crippen LogP contribution in [0.25, 0.3) is 0 Å². The third-order valence-electron chi connectivity index (χ3n) is 2.51. The van der Waals surface area contributed by atoms with E-state index in [0.717, 1.165) is 22.7 Å². The summed E-state index contributed by atoms with van der Waals surface area (Å²) in [6.45, 7) is 3.90. The lowest BCUT2D eigenvalue weighted by Gasteiger charge is -2.06. The van der Waals surface area contributed by atoms with Gasteiger partial charge in [0.2, 0.25) is 0 Å². The minimum Gasteiger partial charge on any atom is -0.494 e. The van der Waals surface area contributed by atoms with Crippen LogP contribution in [0, 0.1) is 6.92 Å². The maximum absolute atomic E-state index is 5.32. The molecule has 0 saturated heterocycles. The fourth-order valence-corrected chi connectivity index (χ4v) is 1.59. The van der Waals surface area contributed by atoms with Crippen LogP contribution < -0.4 is 4.74 Å². The lowest BCUT2D eigenvalue weighted by molar-refractivity contribution is 0.416. The Balaban J connectivity index is 2.39. The Morgan fingerprint density at radius 3 is 2.61 bits per heavy atom. The van der Waals surface area contributed by atoms with E-state index in [1.807, 2.05) is 32.0 Å². The van der Waals surface area contributed by atoms with Crippen LogP contribution in [0.2, 0.25) is 0 Å². The van der Waals surface area contributed by atoms with Crippen molar-refractivity contribution in [3.63, 3.8) is 0 Å². The standard InChI is InChI=1S/C14H15N3O/c1-10-5-6-12(13(9-10)18-3)17-11(2)14-15-7-4-8-16-14/h4-9H,1-3H3. The summed E-state index contributed by atoms with van der Waals surface area (Å²) in [5.41, 5.74) is 2.69. The van der Waals surface area contributed by atoms with Crippen LogP contribution in [0.5, 0.6) is 5.75 Å². The van der Waals surface area contributed by atoms with Gasteiger partial charge in [-0.1, -0.05) is 6.07 Å². The van der Waals surface area contributed by atoms with Gasteiger partial charge in [0.15, 0.2) is 5.82 Å². The van der Waals surface area contributed by atoms with Gasteiger partial charge in [-0.3, -0.25) is 0 Å². The highest BCUT2D eigenvalue weighted by Crippen LogP contribution is 2.28. The van der Waals surface area contributed by atoms with Crippen LogP contribution in [0.4, 0.5) is 5.69 Å². The topological polar surface area (TPSA) is 47.4 Å². The molecular weight excluding hydrogens is 226 g/mol. The molecule has 2 aromatic rings. The minimum absolute atomic E-state index is 0.625. The van der Waals surface area contributed by atoms with Crippen molar-refractivity contribution in [3.05, 3.63) is 48.0 Å². The van der Waals surface area contributed by atoms with Crippen LogP contribution in [0.1, 0.15) is 18.3 Å². The molecule has 0 N–H and O–H groups in total. The number of benzene rings is 1. The maximum atomic E-state index is 5.32. The van der Waals surface area contributed by atoms with Gasteiger partial charge in [-0.25, -0.2) is 15.0 Å². The zero-order valence-corrected chi connectivity index (χ0v) is 10.7. The summed E-state index contributed by atoms with van der Waals surface area (Å²) in [6.07, 6.45) is 3.40. The fourth-order valence-electron chi connectivity index (χ4n) is 1.59. The summed E-state index contributed by atoms with van der Waals surface area (Å²) in [4.78, 5) is 12.8. The lowest BCUT2D eigenvalue weighted by Crippen LogP contribution is -2.00. The number of aliphatic imine (C=N–C) groups is 1. The number of rotatable bonds is 3. The molecule has 1 aromatic heterocycles. The van der Waals surface area contributed by atoms with E-state index in [1.165, 1.54) is 0 Å². The highest BCUT2D eigenvalue weighted by Gasteiger charge is 2.04. The number of aromatic nitrogens is 2. The van der Waals surface area contributed by atoms with Crippen LogP contribution >= 0.6 is 0 Å². The molecule has 0 unspecified atom stereocenters. The molecule has 0 fully saturated rings. The average Bonchev–Trinajstić information content (AvgIpc) is 2.41. The molecule has 2 rings (SSSR count). The smallest absolute Gasteiger partial charge is 0.173 e. The largest absolute Gasteiger partial charge is 0.494 e. The van der Waals surface area contributed by atoms with Crippen molar-refractivity contribution in [2.24, 2.45) is 4.99 Å². The van der Waals surface area contributed by atoms with Gasteiger partial charge in [0.05, 0.1) is 12.8 Å². The monoisotopic (exact) mass is 241 g/mol. The van der Waals surface area contributed by atoms with Crippen LogP contribution in [-0.2, 0) is 0 Å². The lowest BCUT2D eigenvalue weighted by atomic mass is 10.2. The van der Waals surface area contributed by atoms with E-state index in [2.05, 4.69) is 15.0 Å². The Bertz CT molecular complexity index is 565. The summed E-state index contributed by atoms with van der Waals surface area (Å²) in [6, 6.07) is 7.67. The molecule has 0 spiro atoms. The molecule has 0 bridgehead atoms. The van der Waals surface area contributed by atoms with E-state index in [0.29, 0.717) is 5.82 Å². The van der Waals surface area contributed by atoms with E-state index in [4.69, 9.17) is 4.74 Å².